The van der Waals surface area contributed by atoms with E-state index in [2.05, 4.69) is 36.2 Å². The zero-order valence-corrected chi connectivity index (χ0v) is 10.4. The Balaban J connectivity index is 1.80. The van der Waals surface area contributed by atoms with Gasteiger partial charge in [-0.2, -0.15) is 0 Å². The number of benzene rings is 1. The van der Waals surface area contributed by atoms with Gasteiger partial charge >= 0.3 is 0 Å². The zero-order valence-electron chi connectivity index (χ0n) is 10.4. The summed E-state index contributed by atoms with van der Waals surface area (Å²) in [6, 6.07) is 12.3. The lowest BCUT2D eigenvalue weighted by molar-refractivity contribution is 0.218. The van der Waals surface area contributed by atoms with Gasteiger partial charge in [0.25, 0.3) is 0 Å². The van der Waals surface area contributed by atoms with Gasteiger partial charge < -0.3 is 0 Å². The quantitative estimate of drug-likeness (QED) is 0.772. The largest absolute Gasteiger partial charge is 0.262 e. The Labute approximate surface area is 107 Å². The van der Waals surface area contributed by atoms with Crippen LogP contribution in [0.4, 0.5) is 4.39 Å². The second-order valence-electron chi connectivity index (χ2n) is 5.43. The number of rotatable bonds is 2. The highest BCUT2D eigenvalue weighted by atomic mass is 19.1. The molecule has 2 aromatic rings. The number of hydrogen-bond acceptors (Lipinski definition) is 1. The highest BCUT2D eigenvalue weighted by Crippen LogP contribution is 2.52. The van der Waals surface area contributed by atoms with E-state index in [1.54, 1.807) is 6.20 Å². The van der Waals surface area contributed by atoms with Crippen LogP contribution in [0.1, 0.15) is 36.8 Å². The molecule has 0 atom stereocenters. The second-order valence-corrected chi connectivity index (χ2v) is 5.43. The van der Waals surface area contributed by atoms with Crippen LogP contribution in [0.25, 0.3) is 0 Å². The van der Waals surface area contributed by atoms with Crippen molar-refractivity contribution in [3.8, 4) is 0 Å². The van der Waals surface area contributed by atoms with E-state index in [-0.39, 0.29) is 11.2 Å². The fourth-order valence-electron chi connectivity index (χ4n) is 3.07. The molecule has 0 bridgehead atoms. The molecular formula is C16H16FN. The summed E-state index contributed by atoms with van der Waals surface area (Å²) in [4.78, 5) is 3.82. The van der Waals surface area contributed by atoms with Crippen LogP contribution in [0.5, 0.6) is 0 Å². The van der Waals surface area contributed by atoms with Crippen molar-refractivity contribution >= 4 is 0 Å². The molecule has 1 fully saturated rings. The lowest BCUT2D eigenvalue weighted by Gasteiger charge is -2.46. The Morgan fingerprint density at radius 3 is 2.56 bits per heavy atom. The monoisotopic (exact) mass is 241 g/mol. The van der Waals surface area contributed by atoms with Gasteiger partial charge in [0.1, 0.15) is 5.82 Å². The third-order valence-electron chi connectivity index (χ3n) is 4.09. The summed E-state index contributed by atoms with van der Waals surface area (Å²) >= 11 is 0. The number of hydrogen-bond donors (Lipinski definition) is 0. The molecule has 3 rings (SSSR count). The molecule has 0 radical (unpaired) electrons. The number of nitrogens with zero attached hydrogens (tertiary/aromatic N) is 1. The molecule has 1 aliphatic carbocycles. The molecule has 1 aromatic carbocycles. The summed E-state index contributed by atoms with van der Waals surface area (Å²) in [5.41, 5.74) is 2.14. The minimum Gasteiger partial charge on any atom is -0.262 e. The predicted molar refractivity (Wildman–Crippen MR) is 70.0 cm³/mol. The number of aromatic nitrogens is 1. The fourth-order valence-corrected chi connectivity index (χ4v) is 3.07. The van der Waals surface area contributed by atoms with Gasteiger partial charge in [-0.1, -0.05) is 37.3 Å². The first-order valence-electron chi connectivity index (χ1n) is 6.34. The maximum atomic E-state index is 13.8. The first-order chi connectivity index (χ1) is 8.69. The highest BCUT2D eigenvalue weighted by molar-refractivity contribution is 5.33. The van der Waals surface area contributed by atoms with Crippen molar-refractivity contribution in [2.24, 2.45) is 0 Å². The van der Waals surface area contributed by atoms with Crippen molar-refractivity contribution in [1.82, 2.24) is 4.98 Å². The predicted octanol–water partition coefficient (Wildman–Crippen LogP) is 4.06. The number of halogens is 1. The molecule has 1 aliphatic rings. The van der Waals surface area contributed by atoms with Crippen LogP contribution in [0, 0.1) is 5.82 Å². The molecule has 1 nitrogen and oxygen atoms in total. The smallest absolute Gasteiger partial charge is 0.145 e. The van der Waals surface area contributed by atoms with Crippen molar-refractivity contribution in [3.63, 3.8) is 0 Å². The van der Waals surface area contributed by atoms with Crippen molar-refractivity contribution in [3.05, 3.63) is 65.7 Å². The Morgan fingerprint density at radius 1 is 1.17 bits per heavy atom. The lowest BCUT2D eigenvalue weighted by atomic mass is 9.58. The summed E-state index contributed by atoms with van der Waals surface area (Å²) in [5, 5.41) is 0. The first-order valence-corrected chi connectivity index (χ1v) is 6.34. The van der Waals surface area contributed by atoms with E-state index in [0.717, 1.165) is 18.4 Å². The third-order valence-corrected chi connectivity index (χ3v) is 4.09. The Bertz CT molecular complexity index is 544. The zero-order chi connectivity index (χ0) is 12.6. The lowest BCUT2D eigenvalue weighted by Crippen LogP contribution is -2.37. The maximum Gasteiger partial charge on any atom is 0.145 e. The molecule has 0 spiro atoms. The summed E-state index contributed by atoms with van der Waals surface area (Å²) in [6.45, 7) is 2.14. The van der Waals surface area contributed by atoms with Crippen LogP contribution in [0.15, 0.2) is 48.8 Å². The Hall–Kier alpha value is -1.70. The van der Waals surface area contributed by atoms with Crippen LogP contribution in [0.3, 0.4) is 0 Å². The maximum absolute atomic E-state index is 13.8. The second kappa shape index (κ2) is 4.20. The molecule has 1 aromatic heterocycles. The average Bonchev–Trinajstić information content (AvgIpc) is 2.37. The van der Waals surface area contributed by atoms with Crippen LogP contribution in [-0.4, -0.2) is 4.98 Å². The molecule has 1 saturated carbocycles. The molecule has 18 heavy (non-hydrogen) atoms. The van der Waals surface area contributed by atoms with Crippen LogP contribution in [-0.2, 0) is 5.41 Å². The Morgan fingerprint density at radius 2 is 1.89 bits per heavy atom. The van der Waals surface area contributed by atoms with Crippen molar-refractivity contribution in [1.29, 1.82) is 0 Å². The Kier molecular flexibility index (Phi) is 2.66. The van der Waals surface area contributed by atoms with Crippen molar-refractivity contribution in [2.75, 3.05) is 0 Å². The average molecular weight is 241 g/mol. The van der Waals surface area contributed by atoms with Gasteiger partial charge in [0, 0.05) is 6.20 Å². The summed E-state index contributed by atoms with van der Waals surface area (Å²) < 4.78 is 13.8. The third kappa shape index (κ3) is 1.82. The van der Waals surface area contributed by atoms with E-state index < -0.39 is 0 Å². The van der Waals surface area contributed by atoms with Gasteiger partial charge in [-0.25, -0.2) is 4.39 Å². The molecule has 0 saturated heterocycles. The van der Waals surface area contributed by atoms with Crippen LogP contribution >= 0.6 is 0 Å². The standard InChI is InChI=1S/C16H16FN/c1-16(14-7-8-18-11-15(14)17)9-13(10-16)12-5-3-2-4-6-12/h2-8,11,13H,9-10H2,1H3. The first kappa shape index (κ1) is 11.4. The normalized spacial score (nSPS) is 26.7. The van der Waals surface area contributed by atoms with E-state index in [0.29, 0.717) is 5.92 Å². The molecule has 0 unspecified atom stereocenters. The fraction of sp³-hybridized carbons (Fsp3) is 0.312. The van der Waals surface area contributed by atoms with Crippen molar-refractivity contribution < 1.29 is 4.39 Å². The molecule has 0 amide bonds. The van der Waals surface area contributed by atoms with Gasteiger partial charge in [-0.3, -0.25) is 4.98 Å². The van der Waals surface area contributed by atoms with Gasteiger partial charge in [-0.15, -0.1) is 0 Å². The van der Waals surface area contributed by atoms with Crippen LogP contribution in [0.2, 0.25) is 0 Å². The summed E-state index contributed by atoms with van der Waals surface area (Å²) in [7, 11) is 0. The molecule has 0 aliphatic heterocycles. The molecule has 92 valence electrons. The summed E-state index contributed by atoms with van der Waals surface area (Å²) in [5.74, 6) is 0.385. The molecular weight excluding hydrogens is 225 g/mol. The van der Waals surface area contributed by atoms with E-state index in [1.165, 1.54) is 11.8 Å². The summed E-state index contributed by atoms with van der Waals surface area (Å²) in [6.07, 6.45) is 5.02. The van der Waals surface area contributed by atoms with E-state index >= 15 is 0 Å². The van der Waals surface area contributed by atoms with E-state index in [4.69, 9.17) is 0 Å². The van der Waals surface area contributed by atoms with Gasteiger partial charge in [0.05, 0.1) is 6.20 Å². The van der Waals surface area contributed by atoms with Gasteiger partial charge in [-0.05, 0) is 41.4 Å². The van der Waals surface area contributed by atoms with Gasteiger partial charge in [0.15, 0.2) is 0 Å². The highest BCUT2D eigenvalue weighted by Gasteiger charge is 2.43. The molecule has 1 heterocycles. The molecule has 0 N–H and O–H groups in total. The topological polar surface area (TPSA) is 12.9 Å². The molecule has 2 heteroatoms. The number of pyridine rings is 1. The van der Waals surface area contributed by atoms with E-state index in [9.17, 15) is 4.39 Å². The SMILES string of the molecule is CC1(c2ccncc2F)CC(c2ccccc2)C1. The van der Waals surface area contributed by atoms with E-state index in [1.807, 2.05) is 12.1 Å². The minimum absolute atomic E-state index is 0.0342. The van der Waals surface area contributed by atoms with Gasteiger partial charge in [0.2, 0.25) is 0 Å². The van der Waals surface area contributed by atoms with Crippen LogP contribution < -0.4 is 0 Å². The minimum atomic E-state index is -0.175. The van der Waals surface area contributed by atoms with Crippen molar-refractivity contribution in [2.45, 2.75) is 31.1 Å².